The molecule has 0 aliphatic carbocycles. The summed E-state index contributed by atoms with van der Waals surface area (Å²) in [4.78, 5) is 0. The van der Waals surface area contributed by atoms with E-state index >= 15 is 0 Å². The van der Waals surface area contributed by atoms with Gasteiger partial charge in [0.25, 0.3) is 0 Å². The van der Waals surface area contributed by atoms with Gasteiger partial charge in [-0.15, -0.1) is 0 Å². The molecule has 0 saturated heterocycles. The molecule has 0 bridgehead atoms. The van der Waals surface area contributed by atoms with E-state index in [1.807, 2.05) is 6.26 Å². The molecule has 0 saturated carbocycles. The van der Waals surface area contributed by atoms with E-state index in [1.165, 1.54) is 134 Å². The Labute approximate surface area is 191 Å². The maximum atomic E-state index is 5.95. The minimum Gasteiger partial charge on any atom is -0.501 e. The average Bonchev–Trinajstić information content (AvgIpc) is 2.76. The van der Waals surface area contributed by atoms with Crippen molar-refractivity contribution in [2.24, 2.45) is 5.92 Å². The van der Waals surface area contributed by atoms with Crippen LogP contribution >= 0.6 is 0 Å². The van der Waals surface area contributed by atoms with Crippen molar-refractivity contribution in [3.05, 3.63) is 11.8 Å². The van der Waals surface area contributed by atoms with E-state index in [4.69, 9.17) is 4.74 Å². The minimum atomic E-state index is 0.764. The molecule has 0 fully saturated rings. The fraction of sp³-hybridized carbons (Fsp3) is 0.931. The van der Waals surface area contributed by atoms with Gasteiger partial charge in [0, 0.05) is 0 Å². The van der Waals surface area contributed by atoms with Crippen molar-refractivity contribution in [3.63, 3.8) is 0 Å². The van der Waals surface area contributed by atoms with E-state index < -0.39 is 0 Å². The summed E-state index contributed by atoms with van der Waals surface area (Å²) in [5, 5.41) is 0. The lowest BCUT2D eigenvalue weighted by Gasteiger charge is -2.17. The Morgan fingerprint density at radius 2 is 0.933 bits per heavy atom. The molecule has 30 heavy (non-hydrogen) atoms. The van der Waals surface area contributed by atoms with Gasteiger partial charge in [-0.1, -0.05) is 136 Å². The number of ether oxygens (including phenoxy) is 1. The fourth-order valence-corrected chi connectivity index (χ4v) is 4.21. The van der Waals surface area contributed by atoms with Gasteiger partial charge in [0.1, 0.15) is 0 Å². The molecular weight excluding hydrogens is 364 g/mol. The molecular formula is C29H58O. The maximum absolute atomic E-state index is 5.95. The molecule has 0 aromatic rings. The van der Waals surface area contributed by atoms with Gasteiger partial charge in [-0.05, 0) is 37.7 Å². The Balaban J connectivity index is 3.85. The Morgan fingerprint density at radius 1 is 0.567 bits per heavy atom. The first-order valence-electron chi connectivity index (χ1n) is 14.0. The van der Waals surface area contributed by atoms with Crippen molar-refractivity contribution in [2.45, 2.75) is 163 Å². The molecule has 0 aliphatic rings. The quantitative estimate of drug-likeness (QED) is 0.111. The lowest BCUT2D eigenvalue weighted by Crippen LogP contribution is -2.08. The highest BCUT2D eigenvalue weighted by Gasteiger charge is 2.09. The monoisotopic (exact) mass is 422 g/mol. The summed E-state index contributed by atoms with van der Waals surface area (Å²) in [6.07, 6.45) is 31.5. The molecule has 1 atom stereocenters. The van der Waals surface area contributed by atoms with E-state index in [9.17, 15) is 0 Å². The van der Waals surface area contributed by atoms with E-state index in [0.717, 1.165) is 18.9 Å². The highest BCUT2D eigenvalue weighted by molar-refractivity contribution is 4.91. The molecule has 180 valence electrons. The summed E-state index contributed by atoms with van der Waals surface area (Å²) in [5.74, 6) is 0.764. The molecule has 0 aromatic heterocycles. The normalized spacial score (nSPS) is 13.0. The molecule has 0 heterocycles. The van der Waals surface area contributed by atoms with Crippen LogP contribution in [0.25, 0.3) is 0 Å². The van der Waals surface area contributed by atoms with Gasteiger partial charge in [0.15, 0.2) is 0 Å². The van der Waals surface area contributed by atoms with E-state index in [1.54, 1.807) is 0 Å². The van der Waals surface area contributed by atoms with Crippen LogP contribution in [0.5, 0.6) is 0 Å². The van der Waals surface area contributed by atoms with Crippen molar-refractivity contribution >= 4 is 0 Å². The molecule has 1 unspecified atom stereocenters. The number of rotatable bonds is 24. The van der Waals surface area contributed by atoms with Crippen molar-refractivity contribution in [3.8, 4) is 0 Å². The topological polar surface area (TPSA) is 9.23 Å². The Bertz CT molecular complexity index is 346. The van der Waals surface area contributed by atoms with Gasteiger partial charge in [0.05, 0.1) is 12.9 Å². The molecule has 1 nitrogen and oxygen atoms in total. The van der Waals surface area contributed by atoms with Crippen LogP contribution < -0.4 is 0 Å². The molecule has 1 heteroatoms. The molecule has 0 radical (unpaired) electrons. The summed E-state index contributed by atoms with van der Waals surface area (Å²) in [5.41, 5.74) is 1.36. The van der Waals surface area contributed by atoms with Crippen molar-refractivity contribution in [2.75, 3.05) is 6.61 Å². The summed E-state index contributed by atoms with van der Waals surface area (Å²) >= 11 is 0. The van der Waals surface area contributed by atoms with E-state index in [2.05, 4.69) is 27.7 Å². The zero-order chi connectivity index (χ0) is 22.1. The second kappa shape index (κ2) is 24.8. The smallest absolute Gasteiger partial charge is 0.0901 e. The standard InChI is InChI=1S/C29H58O/c1-5-8-10-12-14-16-17-19-21-23-25-29(27-30-26-28(4)7-3)24-22-20-18-15-13-11-9-6-2/h26,29H,5-25,27H2,1-4H3/b28-26-. The maximum Gasteiger partial charge on any atom is 0.0901 e. The number of hydrogen-bond donors (Lipinski definition) is 0. The Hall–Kier alpha value is -0.460. The lowest BCUT2D eigenvalue weighted by atomic mass is 9.94. The second-order valence-corrected chi connectivity index (χ2v) is 9.75. The molecule has 0 aliphatic heterocycles. The first-order chi connectivity index (χ1) is 14.7. The molecule has 0 N–H and O–H groups in total. The lowest BCUT2D eigenvalue weighted by molar-refractivity contribution is 0.174. The van der Waals surface area contributed by atoms with Crippen molar-refractivity contribution in [1.82, 2.24) is 0 Å². The largest absolute Gasteiger partial charge is 0.501 e. The summed E-state index contributed by atoms with van der Waals surface area (Å²) < 4.78 is 5.95. The van der Waals surface area contributed by atoms with Gasteiger partial charge in [-0.2, -0.15) is 0 Å². The summed E-state index contributed by atoms with van der Waals surface area (Å²) in [6, 6.07) is 0. The number of allylic oxidation sites excluding steroid dienone is 1. The number of unbranched alkanes of at least 4 members (excludes halogenated alkanes) is 16. The fourth-order valence-electron chi connectivity index (χ4n) is 4.21. The Morgan fingerprint density at radius 3 is 1.30 bits per heavy atom. The van der Waals surface area contributed by atoms with Gasteiger partial charge in [-0.25, -0.2) is 0 Å². The highest BCUT2D eigenvalue weighted by Crippen LogP contribution is 2.20. The van der Waals surface area contributed by atoms with Crippen LogP contribution in [0.2, 0.25) is 0 Å². The summed E-state index contributed by atoms with van der Waals surface area (Å²) in [7, 11) is 0. The minimum absolute atomic E-state index is 0.764. The first-order valence-corrected chi connectivity index (χ1v) is 14.0. The van der Waals surface area contributed by atoms with Gasteiger partial charge in [0.2, 0.25) is 0 Å². The summed E-state index contributed by atoms with van der Waals surface area (Å²) in [6.45, 7) is 9.92. The van der Waals surface area contributed by atoms with Gasteiger partial charge in [-0.3, -0.25) is 0 Å². The average molecular weight is 423 g/mol. The third-order valence-corrected chi connectivity index (χ3v) is 6.61. The third-order valence-electron chi connectivity index (χ3n) is 6.61. The van der Waals surface area contributed by atoms with Crippen molar-refractivity contribution in [1.29, 1.82) is 0 Å². The van der Waals surface area contributed by atoms with Crippen LogP contribution in [0.3, 0.4) is 0 Å². The van der Waals surface area contributed by atoms with Crippen LogP contribution in [0, 0.1) is 5.92 Å². The number of hydrogen-bond acceptors (Lipinski definition) is 1. The van der Waals surface area contributed by atoms with E-state index in [0.29, 0.717) is 0 Å². The van der Waals surface area contributed by atoms with Gasteiger partial charge < -0.3 is 4.74 Å². The second-order valence-electron chi connectivity index (χ2n) is 9.75. The third kappa shape index (κ3) is 22.2. The van der Waals surface area contributed by atoms with Gasteiger partial charge >= 0.3 is 0 Å². The molecule has 0 aromatic carbocycles. The molecule has 0 rings (SSSR count). The van der Waals surface area contributed by atoms with Crippen LogP contribution in [0.1, 0.15) is 163 Å². The molecule has 0 amide bonds. The van der Waals surface area contributed by atoms with Crippen molar-refractivity contribution < 1.29 is 4.74 Å². The molecule has 0 spiro atoms. The van der Waals surface area contributed by atoms with Crippen LogP contribution in [-0.4, -0.2) is 6.61 Å². The first kappa shape index (κ1) is 29.5. The van der Waals surface area contributed by atoms with E-state index in [-0.39, 0.29) is 0 Å². The zero-order valence-electron chi connectivity index (χ0n) is 21.6. The SMILES string of the molecule is CCCCCCCCCCCCC(CCCCCCCCCC)CO/C=C(/C)CC. The zero-order valence-corrected chi connectivity index (χ0v) is 21.6. The van der Waals surface area contributed by atoms with Crippen LogP contribution in [0.15, 0.2) is 11.8 Å². The predicted molar refractivity (Wildman–Crippen MR) is 137 cm³/mol. The predicted octanol–water partition coefficient (Wildman–Crippen LogP) is 10.8. The van der Waals surface area contributed by atoms with Crippen LogP contribution in [-0.2, 0) is 4.74 Å². The highest BCUT2D eigenvalue weighted by atomic mass is 16.5. The Kier molecular flexibility index (Phi) is 24.4. The van der Waals surface area contributed by atoms with Crippen LogP contribution in [0.4, 0.5) is 0 Å².